The molecule has 0 radical (unpaired) electrons. The summed E-state index contributed by atoms with van der Waals surface area (Å²) in [5.41, 5.74) is 2.70. The van der Waals surface area contributed by atoms with E-state index in [1.165, 1.54) is 0 Å². The van der Waals surface area contributed by atoms with Gasteiger partial charge in [0.1, 0.15) is 6.42 Å². The first-order valence-electron chi connectivity index (χ1n) is 8.97. The topological polar surface area (TPSA) is 79.9 Å². The normalized spacial score (nSPS) is 10.1. The van der Waals surface area contributed by atoms with Gasteiger partial charge in [-0.1, -0.05) is 6.07 Å². The van der Waals surface area contributed by atoms with Crippen LogP contribution in [0, 0.1) is 0 Å². The molecule has 0 aliphatic heterocycles. The standard InChI is InChI=1S/C21H27N3O4/c1-24(2)17-8-6-16(7-9-17)23-21(26)14-20(25)22-12-11-15-5-10-18(27-3)19(13-15)28-4/h5-10,13H,11-12,14H2,1-4H3,(H,22,25)(H,23,26). The molecule has 0 aliphatic carbocycles. The maximum Gasteiger partial charge on any atom is 0.233 e. The van der Waals surface area contributed by atoms with E-state index in [0.717, 1.165) is 11.3 Å². The number of benzene rings is 2. The number of carbonyl (C=O) groups is 2. The van der Waals surface area contributed by atoms with Gasteiger partial charge in [0, 0.05) is 32.0 Å². The minimum absolute atomic E-state index is 0.221. The van der Waals surface area contributed by atoms with Crippen molar-refractivity contribution in [1.29, 1.82) is 0 Å². The first kappa shape index (κ1) is 21.1. The molecule has 0 heterocycles. The highest BCUT2D eigenvalue weighted by Gasteiger charge is 2.10. The van der Waals surface area contributed by atoms with Crippen molar-refractivity contribution in [2.45, 2.75) is 12.8 Å². The molecule has 2 aromatic carbocycles. The molecule has 2 aromatic rings. The monoisotopic (exact) mass is 385 g/mol. The van der Waals surface area contributed by atoms with Gasteiger partial charge in [-0.3, -0.25) is 9.59 Å². The third-order valence-corrected chi connectivity index (χ3v) is 4.17. The van der Waals surface area contributed by atoms with Gasteiger partial charge in [-0.05, 0) is 48.4 Å². The fraction of sp³-hybridized carbons (Fsp3) is 0.333. The van der Waals surface area contributed by atoms with Gasteiger partial charge in [-0.15, -0.1) is 0 Å². The Labute approximate surface area is 165 Å². The smallest absolute Gasteiger partial charge is 0.233 e. The van der Waals surface area contributed by atoms with E-state index in [2.05, 4.69) is 10.6 Å². The Balaban J connectivity index is 1.76. The van der Waals surface area contributed by atoms with Crippen molar-refractivity contribution in [3.8, 4) is 11.5 Å². The molecule has 0 unspecified atom stereocenters. The van der Waals surface area contributed by atoms with Crippen LogP contribution in [0.2, 0.25) is 0 Å². The largest absolute Gasteiger partial charge is 0.493 e. The van der Waals surface area contributed by atoms with Crippen molar-refractivity contribution in [3.63, 3.8) is 0 Å². The summed E-state index contributed by atoms with van der Waals surface area (Å²) in [4.78, 5) is 26.0. The minimum Gasteiger partial charge on any atom is -0.493 e. The van der Waals surface area contributed by atoms with Crippen LogP contribution in [-0.4, -0.2) is 46.7 Å². The lowest BCUT2D eigenvalue weighted by atomic mass is 10.1. The van der Waals surface area contributed by atoms with E-state index in [1.807, 2.05) is 61.5 Å². The van der Waals surface area contributed by atoms with Crippen LogP contribution in [0.5, 0.6) is 11.5 Å². The second-order valence-electron chi connectivity index (χ2n) is 6.46. The van der Waals surface area contributed by atoms with Gasteiger partial charge in [0.05, 0.1) is 14.2 Å². The fourth-order valence-corrected chi connectivity index (χ4v) is 2.64. The highest BCUT2D eigenvalue weighted by atomic mass is 16.5. The van der Waals surface area contributed by atoms with Crippen LogP contribution in [0.1, 0.15) is 12.0 Å². The number of methoxy groups -OCH3 is 2. The highest BCUT2D eigenvalue weighted by Crippen LogP contribution is 2.27. The van der Waals surface area contributed by atoms with Gasteiger partial charge in [-0.2, -0.15) is 0 Å². The molecule has 0 saturated carbocycles. The van der Waals surface area contributed by atoms with Gasteiger partial charge >= 0.3 is 0 Å². The molecule has 0 bridgehead atoms. The van der Waals surface area contributed by atoms with E-state index in [0.29, 0.717) is 30.2 Å². The Bertz CT molecular complexity index is 804. The van der Waals surface area contributed by atoms with Crippen molar-refractivity contribution in [3.05, 3.63) is 48.0 Å². The number of hydrogen-bond acceptors (Lipinski definition) is 5. The van der Waals surface area contributed by atoms with Crippen molar-refractivity contribution in [2.75, 3.05) is 45.1 Å². The Morgan fingerprint density at radius 3 is 2.21 bits per heavy atom. The molecular formula is C21H27N3O4. The zero-order chi connectivity index (χ0) is 20.5. The third kappa shape index (κ3) is 6.19. The van der Waals surface area contributed by atoms with Crippen LogP contribution < -0.4 is 25.0 Å². The molecular weight excluding hydrogens is 358 g/mol. The summed E-state index contributed by atoms with van der Waals surface area (Å²) in [5, 5.41) is 5.49. The maximum atomic E-state index is 12.0. The van der Waals surface area contributed by atoms with E-state index in [9.17, 15) is 9.59 Å². The van der Waals surface area contributed by atoms with E-state index in [1.54, 1.807) is 14.2 Å². The van der Waals surface area contributed by atoms with Gasteiger partial charge in [0.2, 0.25) is 11.8 Å². The lowest BCUT2D eigenvalue weighted by molar-refractivity contribution is -0.126. The summed E-state index contributed by atoms with van der Waals surface area (Å²) in [6, 6.07) is 13.0. The molecule has 7 heteroatoms. The molecule has 28 heavy (non-hydrogen) atoms. The average Bonchev–Trinajstić information content (AvgIpc) is 2.68. The van der Waals surface area contributed by atoms with Gasteiger partial charge in [-0.25, -0.2) is 0 Å². The second kappa shape index (κ2) is 10.2. The van der Waals surface area contributed by atoms with E-state index < -0.39 is 0 Å². The summed E-state index contributed by atoms with van der Waals surface area (Å²) >= 11 is 0. The van der Waals surface area contributed by atoms with Gasteiger partial charge in [0.15, 0.2) is 11.5 Å². The van der Waals surface area contributed by atoms with E-state index in [-0.39, 0.29) is 18.2 Å². The number of anilines is 2. The number of hydrogen-bond donors (Lipinski definition) is 2. The molecule has 2 N–H and O–H groups in total. The molecule has 2 rings (SSSR count). The Morgan fingerprint density at radius 1 is 0.929 bits per heavy atom. The van der Waals surface area contributed by atoms with Crippen LogP contribution in [0.4, 0.5) is 11.4 Å². The number of amides is 2. The minimum atomic E-state index is -0.346. The lowest BCUT2D eigenvalue weighted by Gasteiger charge is -2.13. The van der Waals surface area contributed by atoms with E-state index in [4.69, 9.17) is 9.47 Å². The summed E-state index contributed by atoms with van der Waals surface area (Å²) < 4.78 is 10.5. The fourth-order valence-electron chi connectivity index (χ4n) is 2.64. The second-order valence-corrected chi connectivity index (χ2v) is 6.46. The quantitative estimate of drug-likeness (QED) is 0.648. The molecule has 0 aromatic heterocycles. The predicted molar refractivity (Wildman–Crippen MR) is 110 cm³/mol. The van der Waals surface area contributed by atoms with Crippen LogP contribution in [0.15, 0.2) is 42.5 Å². The highest BCUT2D eigenvalue weighted by molar-refractivity contribution is 6.03. The maximum absolute atomic E-state index is 12.0. The van der Waals surface area contributed by atoms with Crippen molar-refractivity contribution < 1.29 is 19.1 Å². The SMILES string of the molecule is COc1ccc(CCNC(=O)CC(=O)Nc2ccc(N(C)C)cc2)cc1OC. The van der Waals surface area contributed by atoms with E-state index >= 15 is 0 Å². The number of nitrogens with zero attached hydrogens (tertiary/aromatic N) is 1. The molecule has 150 valence electrons. The zero-order valence-electron chi connectivity index (χ0n) is 16.7. The third-order valence-electron chi connectivity index (χ3n) is 4.17. The number of ether oxygens (including phenoxy) is 2. The van der Waals surface area contributed by atoms with Crippen LogP contribution in [-0.2, 0) is 16.0 Å². The van der Waals surface area contributed by atoms with Crippen molar-refractivity contribution in [1.82, 2.24) is 5.32 Å². The molecule has 0 aliphatic rings. The molecule has 7 nitrogen and oxygen atoms in total. The summed E-state index contributed by atoms with van der Waals surface area (Å²) in [5.74, 6) is 0.640. The Kier molecular flexibility index (Phi) is 7.68. The summed E-state index contributed by atoms with van der Waals surface area (Å²) in [6.07, 6.45) is 0.404. The molecule has 2 amide bonds. The predicted octanol–water partition coefficient (Wildman–Crippen LogP) is 2.46. The summed E-state index contributed by atoms with van der Waals surface area (Å²) in [6.45, 7) is 0.430. The van der Waals surface area contributed by atoms with Crippen molar-refractivity contribution in [2.24, 2.45) is 0 Å². The summed E-state index contributed by atoms with van der Waals surface area (Å²) in [7, 11) is 7.05. The first-order chi connectivity index (χ1) is 13.4. The van der Waals surface area contributed by atoms with Crippen LogP contribution in [0.3, 0.4) is 0 Å². The number of carbonyl (C=O) groups excluding carboxylic acids is 2. The molecule has 0 fully saturated rings. The lowest BCUT2D eigenvalue weighted by Crippen LogP contribution is -2.29. The van der Waals surface area contributed by atoms with Crippen molar-refractivity contribution >= 4 is 23.2 Å². The molecule has 0 saturated heterocycles. The molecule has 0 atom stereocenters. The number of rotatable bonds is 9. The number of nitrogens with one attached hydrogen (secondary N) is 2. The first-order valence-corrected chi connectivity index (χ1v) is 8.97. The Hall–Kier alpha value is -3.22. The van der Waals surface area contributed by atoms with Crippen LogP contribution in [0.25, 0.3) is 0 Å². The zero-order valence-corrected chi connectivity index (χ0v) is 16.7. The van der Waals surface area contributed by atoms with Gasteiger partial charge < -0.3 is 25.0 Å². The average molecular weight is 385 g/mol. The van der Waals surface area contributed by atoms with Crippen LogP contribution >= 0.6 is 0 Å². The molecule has 0 spiro atoms. The Morgan fingerprint density at radius 2 is 1.61 bits per heavy atom. The van der Waals surface area contributed by atoms with Gasteiger partial charge in [0.25, 0.3) is 0 Å².